The van der Waals surface area contributed by atoms with Gasteiger partial charge in [0.25, 0.3) is 0 Å². The number of hydrogen-bond acceptors (Lipinski definition) is 3. The topological polar surface area (TPSA) is 55.8 Å². The zero-order chi connectivity index (χ0) is 15.2. The molecule has 0 radical (unpaired) electrons. The lowest BCUT2D eigenvalue weighted by atomic mass is 10.1. The predicted molar refractivity (Wildman–Crippen MR) is 80.1 cm³/mol. The Balaban J connectivity index is 2.09. The van der Waals surface area contributed by atoms with E-state index in [1.165, 1.54) is 0 Å². The molecule has 0 aliphatic rings. The van der Waals surface area contributed by atoms with Gasteiger partial charge < -0.3 is 14.6 Å². The minimum absolute atomic E-state index is 0.0301. The predicted octanol–water partition coefficient (Wildman–Crippen LogP) is 3.55. The van der Waals surface area contributed by atoms with Crippen LogP contribution in [0.25, 0.3) is 0 Å². The number of carboxylic acid groups (broad SMARTS) is 1. The molecule has 21 heavy (non-hydrogen) atoms. The van der Waals surface area contributed by atoms with E-state index in [1.54, 1.807) is 49.6 Å². The van der Waals surface area contributed by atoms with Gasteiger partial charge in [-0.2, -0.15) is 0 Å². The number of hydrogen-bond donors (Lipinski definition) is 1. The molecule has 4 nitrogen and oxygen atoms in total. The van der Waals surface area contributed by atoms with Crippen LogP contribution in [0, 0.1) is 0 Å². The molecule has 0 aromatic heterocycles. The van der Waals surface area contributed by atoms with E-state index in [-0.39, 0.29) is 6.42 Å². The quantitative estimate of drug-likeness (QED) is 0.886. The summed E-state index contributed by atoms with van der Waals surface area (Å²) in [5, 5.41) is 9.40. The molecule has 2 aromatic rings. The van der Waals surface area contributed by atoms with E-state index < -0.39 is 5.97 Å². The fourth-order valence-corrected chi connectivity index (χ4v) is 2.14. The zero-order valence-electron chi connectivity index (χ0n) is 11.5. The van der Waals surface area contributed by atoms with Gasteiger partial charge in [0, 0.05) is 10.6 Å². The summed E-state index contributed by atoms with van der Waals surface area (Å²) in [5.74, 6) is 0.431. The first-order valence-electron chi connectivity index (χ1n) is 6.34. The van der Waals surface area contributed by atoms with E-state index in [2.05, 4.69) is 0 Å². The van der Waals surface area contributed by atoms with Crippen molar-refractivity contribution >= 4 is 17.6 Å². The van der Waals surface area contributed by atoms with Crippen LogP contribution in [0.1, 0.15) is 11.1 Å². The molecule has 0 spiro atoms. The van der Waals surface area contributed by atoms with Crippen molar-refractivity contribution in [3.05, 3.63) is 58.6 Å². The summed E-state index contributed by atoms with van der Waals surface area (Å²) in [5.41, 5.74) is 1.52. The van der Waals surface area contributed by atoms with Crippen LogP contribution < -0.4 is 9.47 Å². The molecule has 0 saturated heterocycles. The van der Waals surface area contributed by atoms with E-state index in [0.717, 1.165) is 5.56 Å². The molecular weight excluding hydrogens is 292 g/mol. The molecule has 1 N–H and O–H groups in total. The minimum atomic E-state index is -0.872. The second-order valence-corrected chi connectivity index (χ2v) is 4.90. The van der Waals surface area contributed by atoms with Gasteiger partial charge in [-0.3, -0.25) is 4.79 Å². The van der Waals surface area contributed by atoms with E-state index in [1.807, 2.05) is 0 Å². The molecule has 0 unspecified atom stereocenters. The van der Waals surface area contributed by atoms with Gasteiger partial charge in [-0.1, -0.05) is 23.7 Å². The molecule has 0 heterocycles. The fourth-order valence-electron chi connectivity index (χ4n) is 1.94. The van der Waals surface area contributed by atoms with Crippen molar-refractivity contribution in [1.29, 1.82) is 0 Å². The van der Waals surface area contributed by atoms with Crippen molar-refractivity contribution in [3.8, 4) is 11.5 Å². The Morgan fingerprint density at radius 3 is 2.76 bits per heavy atom. The van der Waals surface area contributed by atoms with Crippen molar-refractivity contribution in [2.45, 2.75) is 13.0 Å². The van der Waals surface area contributed by atoms with Gasteiger partial charge in [0.15, 0.2) is 0 Å². The number of benzene rings is 2. The Kier molecular flexibility index (Phi) is 5.06. The van der Waals surface area contributed by atoms with Gasteiger partial charge in [0.05, 0.1) is 13.5 Å². The van der Waals surface area contributed by atoms with Gasteiger partial charge in [-0.15, -0.1) is 0 Å². The number of methoxy groups -OCH3 is 1. The molecule has 0 saturated carbocycles. The molecule has 5 heteroatoms. The summed E-state index contributed by atoms with van der Waals surface area (Å²) in [4.78, 5) is 10.7. The SMILES string of the molecule is COc1ccc(Cl)cc1COc1cccc(CC(=O)O)c1. The van der Waals surface area contributed by atoms with E-state index in [9.17, 15) is 4.79 Å². The van der Waals surface area contributed by atoms with Crippen LogP contribution in [0.2, 0.25) is 5.02 Å². The first-order chi connectivity index (χ1) is 10.1. The molecule has 2 aromatic carbocycles. The summed E-state index contributed by atoms with van der Waals surface area (Å²) in [6, 6.07) is 12.3. The highest BCUT2D eigenvalue weighted by Crippen LogP contribution is 2.24. The molecule has 2 rings (SSSR count). The number of aliphatic carboxylic acids is 1. The molecule has 0 aliphatic carbocycles. The summed E-state index contributed by atoms with van der Waals surface area (Å²) < 4.78 is 10.9. The highest BCUT2D eigenvalue weighted by atomic mass is 35.5. The van der Waals surface area contributed by atoms with Gasteiger partial charge in [-0.05, 0) is 35.9 Å². The Hall–Kier alpha value is -2.20. The maximum Gasteiger partial charge on any atom is 0.307 e. The van der Waals surface area contributed by atoms with E-state index in [0.29, 0.717) is 28.7 Å². The fraction of sp³-hybridized carbons (Fsp3) is 0.188. The number of halogens is 1. The lowest BCUT2D eigenvalue weighted by molar-refractivity contribution is -0.136. The third-order valence-corrected chi connectivity index (χ3v) is 3.13. The lowest BCUT2D eigenvalue weighted by Gasteiger charge is -2.11. The highest BCUT2D eigenvalue weighted by molar-refractivity contribution is 6.30. The molecule has 110 valence electrons. The van der Waals surface area contributed by atoms with Gasteiger partial charge in [0.1, 0.15) is 18.1 Å². The van der Waals surface area contributed by atoms with Crippen LogP contribution >= 0.6 is 11.6 Å². The second-order valence-electron chi connectivity index (χ2n) is 4.46. The Bertz CT molecular complexity index is 640. The summed E-state index contributed by atoms with van der Waals surface area (Å²) >= 11 is 5.96. The second kappa shape index (κ2) is 6.99. The highest BCUT2D eigenvalue weighted by Gasteiger charge is 2.06. The monoisotopic (exact) mass is 306 g/mol. The van der Waals surface area contributed by atoms with Gasteiger partial charge in [-0.25, -0.2) is 0 Å². The van der Waals surface area contributed by atoms with Crippen LogP contribution in [-0.4, -0.2) is 18.2 Å². The van der Waals surface area contributed by atoms with Crippen LogP contribution in [0.5, 0.6) is 11.5 Å². The van der Waals surface area contributed by atoms with Crippen LogP contribution in [0.4, 0.5) is 0 Å². The Labute approximate surface area is 127 Å². The maximum atomic E-state index is 10.7. The Morgan fingerprint density at radius 2 is 2.05 bits per heavy atom. The average Bonchev–Trinajstić information content (AvgIpc) is 2.45. The number of carboxylic acids is 1. The minimum Gasteiger partial charge on any atom is -0.496 e. The lowest BCUT2D eigenvalue weighted by Crippen LogP contribution is -2.01. The third kappa shape index (κ3) is 4.39. The van der Waals surface area contributed by atoms with Crippen molar-refractivity contribution in [2.75, 3.05) is 7.11 Å². The molecule has 0 amide bonds. The smallest absolute Gasteiger partial charge is 0.307 e. The average molecular weight is 307 g/mol. The van der Waals surface area contributed by atoms with E-state index in [4.69, 9.17) is 26.2 Å². The normalized spacial score (nSPS) is 10.2. The number of rotatable bonds is 6. The Morgan fingerprint density at radius 1 is 1.24 bits per heavy atom. The van der Waals surface area contributed by atoms with Crippen molar-refractivity contribution in [1.82, 2.24) is 0 Å². The van der Waals surface area contributed by atoms with Crippen molar-refractivity contribution < 1.29 is 19.4 Å². The van der Waals surface area contributed by atoms with Gasteiger partial charge >= 0.3 is 5.97 Å². The van der Waals surface area contributed by atoms with Crippen LogP contribution in [0.15, 0.2) is 42.5 Å². The largest absolute Gasteiger partial charge is 0.496 e. The number of ether oxygens (including phenoxy) is 2. The van der Waals surface area contributed by atoms with Crippen LogP contribution in [-0.2, 0) is 17.8 Å². The van der Waals surface area contributed by atoms with Gasteiger partial charge in [0.2, 0.25) is 0 Å². The zero-order valence-corrected chi connectivity index (χ0v) is 12.3. The van der Waals surface area contributed by atoms with Crippen molar-refractivity contribution in [2.24, 2.45) is 0 Å². The summed E-state index contributed by atoms with van der Waals surface area (Å²) in [7, 11) is 1.58. The van der Waals surface area contributed by atoms with E-state index >= 15 is 0 Å². The summed E-state index contributed by atoms with van der Waals surface area (Å²) in [6.45, 7) is 0.292. The molecule has 0 fully saturated rings. The maximum absolute atomic E-state index is 10.7. The van der Waals surface area contributed by atoms with Crippen molar-refractivity contribution in [3.63, 3.8) is 0 Å². The molecule has 0 aliphatic heterocycles. The molecular formula is C16H15ClO4. The van der Waals surface area contributed by atoms with Crippen LogP contribution in [0.3, 0.4) is 0 Å². The molecule has 0 bridgehead atoms. The number of carbonyl (C=O) groups is 1. The first-order valence-corrected chi connectivity index (χ1v) is 6.72. The standard InChI is InChI=1S/C16H15ClO4/c1-20-15-6-5-13(17)9-12(15)10-21-14-4-2-3-11(7-14)8-16(18)19/h2-7,9H,8,10H2,1H3,(H,18,19). The summed E-state index contributed by atoms with van der Waals surface area (Å²) in [6.07, 6.45) is -0.0301. The third-order valence-electron chi connectivity index (χ3n) is 2.89. The molecule has 0 atom stereocenters. The first kappa shape index (κ1) is 15.2.